The van der Waals surface area contributed by atoms with Crippen molar-refractivity contribution in [2.45, 2.75) is 297 Å². The van der Waals surface area contributed by atoms with Crippen LogP contribution in [0.2, 0.25) is 0 Å². The summed E-state index contributed by atoms with van der Waals surface area (Å²) in [5, 5.41) is 0. The molecule has 0 N–H and O–H groups in total. The van der Waals surface area contributed by atoms with Gasteiger partial charge in [-0.2, -0.15) is 0 Å². The van der Waals surface area contributed by atoms with Gasteiger partial charge in [-0.3, -0.25) is 14.4 Å². The van der Waals surface area contributed by atoms with Gasteiger partial charge in [0.1, 0.15) is 13.2 Å². The molecular formula is C55H102O6. The molecule has 0 unspecified atom stereocenters. The molecule has 6 heteroatoms. The Morgan fingerprint density at radius 3 is 0.836 bits per heavy atom. The average Bonchev–Trinajstić information content (AvgIpc) is 3.26. The highest BCUT2D eigenvalue weighted by molar-refractivity contribution is 5.71. The summed E-state index contributed by atoms with van der Waals surface area (Å²) in [4.78, 5) is 38.0. The van der Waals surface area contributed by atoms with Crippen LogP contribution in [0, 0.1) is 0 Å². The molecule has 0 aromatic carbocycles. The van der Waals surface area contributed by atoms with Crippen molar-refractivity contribution in [2.75, 3.05) is 13.2 Å². The van der Waals surface area contributed by atoms with Crippen LogP contribution in [-0.4, -0.2) is 37.2 Å². The zero-order chi connectivity index (χ0) is 44.4. The van der Waals surface area contributed by atoms with Gasteiger partial charge < -0.3 is 14.2 Å². The average molecular weight is 859 g/mol. The number of rotatable bonds is 49. The first-order valence-corrected chi connectivity index (χ1v) is 26.8. The third kappa shape index (κ3) is 48.8. The molecule has 0 aliphatic heterocycles. The maximum Gasteiger partial charge on any atom is 0.306 e. The second kappa shape index (κ2) is 50.5. The molecule has 6 nitrogen and oxygen atoms in total. The van der Waals surface area contributed by atoms with E-state index in [0.29, 0.717) is 19.3 Å². The van der Waals surface area contributed by atoms with Gasteiger partial charge in [-0.05, 0) is 70.6 Å². The molecule has 0 aromatic rings. The predicted molar refractivity (Wildman–Crippen MR) is 261 cm³/mol. The molecule has 0 aliphatic rings. The van der Waals surface area contributed by atoms with Gasteiger partial charge in [-0.25, -0.2) is 0 Å². The molecule has 0 saturated heterocycles. The van der Waals surface area contributed by atoms with E-state index in [1.807, 2.05) is 0 Å². The van der Waals surface area contributed by atoms with E-state index in [1.165, 1.54) is 180 Å². The van der Waals surface area contributed by atoms with Crippen LogP contribution in [0.25, 0.3) is 0 Å². The van der Waals surface area contributed by atoms with Crippen molar-refractivity contribution in [1.82, 2.24) is 0 Å². The van der Waals surface area contributed by atoms with Crippen molar-refractivity contribution in [3.05, 3.63) is 24.3 Å². The molecule has 61 heavy (non-hydrogen) atoms. The number of unbranched alkanes of at least 4 members (excludes halogenated alkanes) is 34. The lowest BCUT2D eigenvalue weighted by atomic mass is 10.0. The van der Waals surface area contributed by atoms with Crippen molar-refractivity contribution >= 4 is 17.9 Å². The van der Waals surface area contributed by atoms with Gasteiger partial charge in [0.15, 0.2) is 6.10 Å². The first-order chi connectivity index (χ1) is 30.0. The van der Waals surface area contributed by atoms with Crippen molar-refractivity contribution in [2.24, 2.45) is 0 Å². The molecule has 0 amide bonds. The summed E-state index contributed by atoms with van der Waals surface area (Å²) in [6, 6.07) is 0. The molecule has 0 heterocycles. The van der Waals surface area contributed by atoms with Crippen molar-refractivity contribution in [3.63, 3.8) is 0 Å². The quantitative estimate of drug-likeness (QED) is 0.0262. The van der Waals surface area contributed by atoms with Gasteiger partial charge >= 0.3 is 17.9 Å². The summed E-state index contributed by atoms with van der Waals surface area (Å²) in [5.74, 6) is -0.876. The number of allylic oxidation sites excluding steroid dienone is 4. The third-order valence-corrected chi connectivity index (χ3v) is 11.9. The van der Waals surface area contributed by atoms with E-state index in [-0.39, 0.29) is 31.1 Å². The minimum atomic E-state index is -0.773. The molecule has 0 aliphatic carbocycles. The van der Waals surface area contributed by atoms with Gasteiger partial charge in [0, 0.05) is 19.3 Å². The highest BCUT2D eigenvalue weighted by atomic mass is 16.6. The lowest BCUT2D eigenvalue weighted by molar-refractivity contribution is -0.167. The minimum Gasteiger partial charge on any atom is -0.462 e. The fraction of sp³-hybridized carbons (Fsp3) is 0.873. The van der Waals surface area contributed by atoms with Gasteiger partial charge in [-0.1, -0.05) is 225 Å². The highest BCUT2D eigenvalue weighted by Crippen LogP contribution is 2.16. The van der Waals surface area contributed by atoms with Crippen LogP contribution in [0.15, 0.2) is 24.3 Å². The van der Waals surface area contributed by atoms with E-state index in [9.17, 15) is 14.4 Å². The molecule has 0 spiro atoms. The fourth-order valence-corrected chi connectivity index (χ4v) is 7.84. The Bertz CT molecular complexity index is 989. The Kier molecular flexibility index (Phi) is 48.8. The maximum absolute atomic E-state index is 12.8. The largest absolute Gasteiger partial charge is 0.462 e. The van der Waals surface area contributed by atoms with E-state index < -0.39 is 6.10 Å². The van der Waals surface area contributed by atoms with Crippen LogP contribution in [0.3, 0.4) is 0 Å². The van der Waals surface area contributed by atoms with Gasteiger partial charge in [-0.15, -0.1) is 0 Å². The fourth-order valence-electron chi connectivity index (χ4n) is 7.84. The van der Waals surface area contributed by atoms with Gasteiger partial charge in [0.25, 0.3) is 0 Å². The Hall–Kier alpha value is -2.11. The predicted octanol–water partition coefficient (Wildman–Crippen LogP) is 17.5. The van der Waals surface area contributed by atoms with Crippen LogP contribution < -0.4 is 0 Å². The number of carbonyl (C=O) groups excluding carboxylic acids is 3. The Balaban J connectivity index is 4.35. The number of ether oxygens (including phenoxy) is 3. The van der Waals surface area contributed by atoms with Crippen molar-refractivity contribution in [3.8, 4) is 0 Å². The van der Waals surface area contributed by atoms with Crippen molar-refractivity contribution in [1.29, 1.82) is 0 Å². The third-order valence-electron chi connectivity index (χ3n) is 11.9. The molecule has 0 radical (unpaired) electrons. The monoisotopic (exact) mass is 859 g/mol. The summed E-state index contributed by atoms with van der Waals surface area (Å²) >= 11 is 0. The van der Waals surface area contributed by atoms with E-state index in [4.69, 9.17) is 14.2 Å². The topological polar surface area (TPSA) is 78.9 Å². The molecule has 358 valence electrons. The minimum absolute atomic E-state index is 0.0744. The van der Waals surface area contributed by atoms with Crippen LogP contribution in [-0.2, 0) is 28.6 Å². The van der Waals surface area contributed by atoms with Crippen LogP contribution >= 0.6 is 0 Å². The van der Waals surface area contributed by atoms with E-state index >= 15 is 0 Å². The van der Waals surface area contributed by atoms with Gasteiger partial charge in [0.05, 0.1) is 0 Å². The normalized spacial score (nSPS) is 12.1. The Labute approximate surface area is 379 Å². The number of hydrogen-bond donors (Lipinski definition) is 0. The molecule has 0 aromatic heterocycles. The lowest BCUT2D eigenvalue weighted by Crippen LogP contribution is -2.30. The van der Waals surface area contributed by atoms with E-state index in [2.05, 4.69) is 45.1 Å². The number of carbonyl (C=O) groups is 3. The lowest BCUT2D eigenvalue weighted by Gasteiger charge is -2.18. The highest BCUT2D eigenvalue weighted by Gasteiger charge is 2.19. The second-order valence-electron chi connectivity index (χ2n) is 18.1. The summed E-state index contributed by atoms with van der Waals surface area (Å²) in [5.41, 5.74) is 0. The smallest absolute Gasteiger partial charge is 0.306 e. The number of hydrogen-bond acceptors (Lipinski definition) is 6. The summed E-state index contributed by atoms with van der Waals surface area (Å²) < 4.78 is 16.8. The molecule has 0 rings (SSSR count). The van der Waals surface area contributed by atoms with Crippen LogP contribution in [0.5, 0.6) is 0 Å². The summed E-state index contributed by atoms with van der Waals surface area (Å²) in [7, 11) is 0. The molecular weight excluding hydrogens is 757 g/mol. The summed E-state index contributed by atoms with van der Waals surface area (Å²) in [6.07, 6.45) is 57.3. The van der Waals surface area contributed by atoms with Crippen molar-refractivity contribution < 1.29 is 28.6 Å². The van der Waals surface area contributed by atoms with Crippen LogP contribution in [0.1, 0.15) is 290 Å². The maximum atomic E-state index is 12.8. The Morgan fingerprint density at radius 1 is 0.311 bits per heavy atom. The zero-order valence-corrected chi connectivity index (χ0v) is 40.9. The molecule has 0 fully saturated rings. The van der Waals surface area contributed by atoms with E-state index in [1.54, 1.807) is 0 Å². The zero-order valence-electron chi connectivity index (χ0n) is 40.9. The Morgan fingerprint density at radius 2 is 0.541 bits per heavy atom. The number of esters is 3. The summed E-state index contributed by atoms with van der Waals surface area (Å²) in [6.45, 7) is 6.64. The standard InChI is InChI=1S/C55H102O6/c1-4-7-10-13-16-19-22-25-27-28-31-33-36-39-42-45-48-54(57)60-51-52(50-59-53(56)47-44-41-38-35-32-29-24-21-18-15-12-9-6-3)61-55(58)49-46-43-40-37-34-30-26-23-20-17-14-11-8-5-2/h21,24,27-28,52H,4-20,22-23,25-26,29-51H2,1-3H3/b24-21-,28-27-/t52-/m1/s1. The molecule has 1 atom stereocenters. The SMILES string of the molecule is CCCCCC/C=C\CCCCCCCC(=O)OC[C@H](COC(=O)CCCCCCC/C=C\CCCCCCCCC)OC(=O)CCCCCCCCCCCCCCCC. The van der Waals surface area contributed by atoms with E-state index in [0.717, 1.165) is 70.6 Å². The molecule has 0 bridgehead atoms. The first-order valence-electron chi connectivity index (χ1n) is 26.8. The first kappa shape index (κ1) is 58.9. The second-order valence-corrected chi connectivity index (χ2v) is 18.1. The van der Waals surface area contributed by atoms with Crippen LogP contribution in [0.4, 0.5) is 0 Å². The molecule has 0 saturated carbocycles. The van der Waals surface area contributed by atoms with Gasteiger partial charge in [0.2, 0.25) is 0 Å².